The second-order valence-electron chi connectivity index (χ2n) is 8.68. The summed E-state index contributed by atoms with van der Waals surface area (Å²) in [6.45, 7) is 5.02. The molecule has 0 radical (unpaired) electrons. The molecule has 3 fully saturated rings. The number of carbonyl (C=O) groups excluding carboxylic acids is 1. The molecular weight excluding hydrogens is 354 g/mol. The van der Waals surface area contributed by atoms with Crippen LogP contribution < -0.4 is 0 Å². The van der Waals surface area contributed by atoms with Gasteiger partial charge in [-0.25, -0.2) is 0 Å². The first-order chi connectivity index (χ1) is 13.5. The van der Waals surface area contributed by atoms with Crippen LogP contribution in [0.4, 0.5) is 0 Å². The standard InChI is InChI=1S/C22H31N3O3/c1-23-20(26)15-19(21(27)28)22(23)9-13-25(14-10-22)18-7-11-24(12-8-18)16-17-5-3-2-4-6-17/h2-6,18-19H,7-16H2,1H3,(H,27,28)/t19-/m1/s1. The molecule has 1 atom stereocenters. The number of carboxylic acid groups (broad SMARTS) is 1. The molecule has 0 aromatic heterocycles. The molecule has 3 aliphatic heterocycles. The molecule has 6 heteroatoms. The molecule has 152 valence electrons. The fourth-order valence-electron chi connectivity index (χ4n) is 5.55. The normalized spacial score (nSPS) is 26.8. The molecule has 3 heterocycles. The number of hydrogen-bond acceptors (Lipinski definition) is 4. The van der Waals surface area contributed by atoms with Crippen molar-refractivity contribution in [2.75, 3.05) is 33.2 Å². The fraction of sp³-hybridized carbons (Fsp3) is 0.636. The van der Waals surface area contributed by atoms with E-state index in [2.05, 4.69) is 40.1 Å². The van der Waals surface area contributed by atoms with Crippen LogP contribution in [0.1, 0.15) is 37.7 Å². The predicted molar refractivity (Wildman–Crippen MR) is 107 cm³/mol. The van der Waals surface area contributed by atoms with Crippen molar-refractivity contribution in [3.05, 3.63) is 35.9 Å². The predicted octanol–water partition coefficient (Wildman–Crippen LogP) is 2.05. The Balaban J connectivity index is 1.31. The minimum Gasteiger partial charge on any atom is -0.481 e. The van der Waals surface area contributed by atoms with Crippen molar-refractivity contribution in [1.29, 1.82) is 0 Å². The summed E-state index contributed by atoms with van der Waals surface area (Å²) < 4.78 is 0. The van der Waals surface area contributed by atoms with E-state index in [-0.39, 0.29) is 12.3 Å². The van der Waals surface area contributed by atoms with Crippen molar-refractivity contribution in [3.8, 4) is 0 Å². The molecule has 3 aliphatic rings. The largest absolute Gasteiger partial charge is 0.481 e. The Morgan fingerprint density at radius 1 is 1.11 bits per heavy atom. The Morgan fingerprint density at radius 2 is 1.75 bits per heavy atom. The minimum atomic E-state index is -0.819. The highest BCUT2D eigenvalue weighted by molar-refractivity contribution is 5.88. The molecule has 0 aliphatic carbocycles. The van der Waals surface area contributed by atoms with Gasteiger partial charge >= 0.3 is 5.97 Å². The van der Waals surface area contributed by atoms with Gasteiger partial charge in [0.2, 0.25) is 5.91 Å². The molecule has 0 unspecified atom stereocenters. The number of amides is 1. The molecule has 4 rings (SSSR count). The van der Waals surface area contributed by atoms with E-state index in [9.17, 15) is 14.7 Å². The third-order valence-electron chi connectivity index (χ3n) is 7.35. The maximum atomic E-state index is 12.2. The number of carbonyl (C=O) groups is 2. The molecule has 0 saturated carbocycles. The van der Waals surface area contributed by atoms with E-state index in [0.29, 0.717) is 6.04 Å². The molecule has 0 bridgehead atoms. The molecule has 3 saturated heterocycles. The zero-order chi connectivity index (χ0) is 19.7. The van der Waals surface area contributed by atoms with Gasteiger partial charge in [-0.3, -0.25) is 14.5 Å². The first kappa shape index (κ1) is 19.4. The summed E-state index contributed by atoms with van der Waals surface area (Å²) in [7, 11) is 1.79. The van der Waals surface area contributed by atoms with Crippen molar-refractivity contribution < 1.29 is 14.7 Å². The van der Waals surface area contributed by atoms with E-state index in [1.807, 2.05) is 0 Å². The average molecular weight is 386 g/mol. The van der Waals surface area contributed by atoms with E-state index in [1.165, 1.54) is 5.56 Å². The molecule has 1 aromatic rings. The highest BCUT2D eigenvalue weighted by Crippen LogP contribution is 2.43. The first-order valence-electron chi connectivity index (χ1n) is 10.5. The van der Waals surface area contributed by atoms with Gasteiger partial charge in [0.05, 0.1) is 11.5 Å². The van der Waals surface area contributed by atoms with Crippen LogP contribution in [0, 0.1) is 5.92 Å². The third kappa shape index (κ3) is 3.55. The SMILES string of the molecule is CN1C(=O)C[C@H](C(=O)O)C12CCN(C1CCN(Cc3ccccc3)CC1)CC2. The van der Waals surface area contributed by atoms with Crippen LogP contribution in [0.25, 0.3) is 0 Å². The van der Waals surface area contributed by atoms with Gasteiger partial charge in [-0.2, -0.15) is 0 Å². The van der Waals surface area contributed by atoms with Crippen LogP contribution in [0.5, 0.6) is 0 Å². The fourth-order valence-corrected chi connectivity index (χ4v) is 5.55. The zero-order valence-corrected chi connectivity index (χ0v) is 16.7. The van der Waals surface area contributed by atoms with Crippen LogP contribution in [0.3, 0.4) is 0 Å². The molecular formula is C22H31N3O3. The first-order valence-corrected chi connectivity index (χ1v) is 10.5. The summed E-state index contributed by atoms with van der Waals surface area (Å²) in [5.41, 5.74) is 0.891. The van der Waals surface area contributed by atoms with Crippen LogP contribution in [-0.4, -0.2) is 76.5 Å². The molecule has 1 amide bonds. The van der Waals surface area contributed by atoms with Crippen LogP contribution >= 0.6 is 0 Å². The van der Waals surface area contributed by atoms with Crippen molar-refractivity contribution in [3.63, 3.8) is 0 Å². The maximum absolute atomic E-state index is 12.2. The summed E-state index contributed by atoms with van der Waals surface area (Å²) >= 11 is 0. The molecule has 1 spiro atoms. The second kappa shape index (κ2) is 7.84. The van der Waals surface area contributed by atoms with Crippen molar-refractivity contribution in [2.45, 2.75) is 50.2 Å². The average Bonchev–Trinajstić information content (AvgIpc) is 2.95. The summed E-state index contributed by atoms with van der Waals surface area (Å²) in [6, 6.07) is 11.2. The van der Waals surface area contributed by atoms with Crippen LogP contribution in [0.15, 0.2) is 30.3 Å². The van der Waals surface area contributed by atoms with Gasteiger partial charge in [0.15, 0.2) is 0 Å². The monoisotopic (exact) mass is 385 g/mol. The molecule has 1 N–H and O–H groups in total. The van der Waals surface area contributed by atoms with Gasteiger partial charge in [-0.15, -0.1) is 0 Å². The Bertz CT molecular complexity index is 707. The Morgan fingerprint density at radius 3 is 2.36 bits per heavy atom. The molecule has 6 nitrogen and oxygen atoms in total. The minimum absolute atomic E-state index is 0.0185. The van der Waals surface area contributed by atoms with E-state index >= 15 is 0 Å². The molecule has 28 heavy (non-hydrogen) atoms. The Kier molecular flexibility index (Phi) is 5.43. The quantitative estimate of drug-likeness (QED) is 0.859. The topological polar surface area (TPSA) is 64.1 Å². The van der Waals surface area contributed by atoms with E-state index in [1.54, 1.807) is 11.9 Å². The number of likely N-dealkylation sites (tertiary alicyclic amines) is 3. The number of nitrogens with zero attached hydrogens (tertiary/aromatic N) is 3. The number of aliphatic carboxylic acids is 1. The number of rotatable bonds is 4. The van der Waals surface area contributed by atoms with E-state index in [0.717, 1.165) is 58.4 Å². The summed E-state index contributed by atoms with van der Waals surface area (Å²) in [5, 5.41) is 9.63. The van der Waals surface area contributed by atoms with Crippen LogP contribution in [-0.2, 0) is 16.1 Å². The summed E-state index contributed by atoms with van der Waals surface area (Å²) in [5.74, 6) is -1.39. The van der Waals surface area contributed by atoms with Gasteiger partial charge in [0, 0.05) is 39.1 Å². The smallest absolute Gasteiger partial charge is 0.309 e. The summed E-state index contributed by atoms with van der Waals surface area (Å²) in [4.78, 5) is 30.7. The lowest BCUT2D eigenvalue weighted by Crippen LogP contribution is -2.58. The lowest BCUT2D eigenvalue weighted by molar-refractivity contribution is -0.146. The number of piperidine rings is 2. The Labute approximate surface area is 167 Å². The van der Waals surface area contributed by atoms with Gasteiger partial charge in [-0.05, 0) is 44.3 Å². The zero-order valence-electron chi connectivity index (χ0n) is 16.7. The van der Waals surface area contributed by atoms with E-state index in [4.69, 9.17) is 0 Å². The van der Waals surface area contributed by atoms with Gasteiger partial charge in [0.25, 0.3) is 0 Å². The van der Waals surface area contributed by atoms with Gasteiger partial charge < -0.3 is 14.9 Å². The Hall–Kier alpha value is -1.92. The second-order valence-corrected chi connectivity index (χ2v) is 8.68. The maximum Gasteiger partial charge on any atom is 0.309 e. The van der Waals surface area contributed by atoms with Crippen molar-refractivity contribution >= 4 is 11.9 Å². The number of hydrogen-bond donors (Lipinski definition) is 1. The van der Waals surface area contributed by atoms with Crippen LogP contribution in [0.2, 0.25) is 0 Å². The highest BCUT2D eigenvalue weighted by atomic mass is 16.4. The lowest BCUT2D eigenvalue weighted by Gasteiger charge is -2.48. The van der Waals surface area contributed by atoms with E-state index < -0.39 is 17.4 Å². The van der Waals surface area contributed by atoms with Gasteiger partial charge in [-0.1, -0.05) is 30.3 Å². The lowest BCUT2D eigenvalue weighted by atomic mass is 9.76. The number of carboxylic acids is 1. The summed E-state index contributed by atoms with van der Waals surface area (Å²) in [6.07, 6.45) is 4.03. The number of benzene rings is 1. The van der Waals surface area contributed by atoms with Crippen molar-refractivity contribution in [1.82, 2.24) is 14.7 Å². The van der Waals surface area contributed by atoms with Crippen molar-refractivity contribution in [2.24, 2.45) is 5.92 Å². The van der Waals surface area contributed by atoms with Gasteiger partial charge in [0.1, 0.15) is 0 Å². The molecule has 1 aromatic carbocycles. The third-order valence-corrected chi connectivity index (χ3v) is 7.35. The highest BCUT2D eigenvalue weighted by Gasteiger charge is 2.55.